The minimum absolute atomic E-state index is 0.125. The van der Waals surface area contributed by atoms with E-state index in [1.54, 1.807) is 6.07 Å². The van der Waals surface area contributed by atoms with E-state index in [4.69, 9.17) is 16.2 Å². The highest BCUT2D eigenvalue weighted by Gasteiger charge is 2.14. The van der Waals surface area contributed by atoms with Gasteiger partial charge >= 0.3 is 0 Å². The van der Waals surface area contributed by atoms with Crippen LogP contribution in [0.5, 0.6) is 11.6 Å². The standard InChI is InChI=1S/C16H19N3O2/c1-3-10(2)11-6-4-5-7-14(11)21-16-12(17)8-9-13(19-16)15(18)20/h4-10H,3,17H2,1-2H3,(H2,18,20). The number of amides is 1. The van der Waals surface area contributed by atoms with Gasteiger partial charge in [-0.2, -0.15) is 0 Å². The number of hydrogen-bond acceptors (Lipinski definition) is 4. The van der Waals surface area contributed by atoms with Gasteiger partial charge in [-0.25, -0.2) is 4.98 Å². The van der Waals surface area contributed by atoms with E-state index in [-0.39, 0.29) is 11.6 Å². The Morgan fingerprint density at radius 3 is 2.67 bits per heavy atom. The molecular formula is C16H19N3O2. The summed E-state index contributed by atoms with van der Waals surface area (Å²) >= 11 is 0. The Kier molecular flexibility index (Phi) is 4.42. The first kappa shape index (κ1) is 14.8. The van der Waals surface area contributed by atoms with E-state index in [9.17, 15) is 4.79 Å². The van der Waals surface area contributed by atoms with Crippen LogP contribution < -0.4 is 16.2 Å². The maximum absolute atomic E-state index is 11.2. The second-order valence-electron chi connectivity index (χ2n) is 4.90. The molecule has 21 heavy (non-hydrogen) atoms. The first-order valence-corrected chi connectivity index (χ1v) is 6.86. The fraction of sp³-hybridized carbons (Fsp3) is 0.250. The van der Waals surface area contributed by atoms with Crippen molar-refractivity contribution in [3.05, 3.63) is 47.7 Å². The molecule has 110 valence electrons. The molecule has 0 fully saturated rings. The van der Waals surface area contributed by atoms with Gasteiger partial charge in [-0.1, -0.05) is 32.0 Å². The summed E-state index contributed by atoms with van der Waals surface area (Å²) in [5.74, 6) is 0.617. The summed E-state index contributed by atoms with van der Waals surface area (Å²) in [7, 11) is 0. The number of nitrogens with two attached hydrogens (primary N) is 2. The Labute approximate surface area is 123 Å². The lowest BCUT2D eigenvalue weighted by molar-refractivity contribution is 0.0995. The zero-order valence-electron chi connectivity index (χ0n) is 12.2. The first-order valence-electron chi connectivity index (χ1n) is 6.86. The van der Waals surface area contributed by atoms with Crippen LogP contribution in [0.15, 0.2) is 36.4 Å². The van der Waals surface area contributed by atoms with Crippen molar-refractivity contribution >= 4 is 11.6 Å². The van der Waals surface area contributed by atoms with Crippen LogP contribution in [0.1, 0.15) is 42.2 Å². The molecule has 1 atom stereocenters. The quantitative estimate of drug-likeness (QED) is 0.883. The van der Waals surface area contributed by atoms with E-state index in [1.165, 1.54) is 6.07 Å². The minimum atomic E-state index is -0.616. The molecule has 5 nitrogen and oxygen atoms in total. The van der Waals surface area contributed by atoms with Gasteiger partial charge in [0.05, 0.1) is 5.69 Å². The number of hydrogen-bond donors (Lipinski definition) is 2. The van der Waals surface area contributed by atoms with Crippen molar-refractivity contribution in [2.45, 2.75) is 26.2 Å². The van der Waals surface area contributed by atoms with Crippen LogP contribution in [-0.4, -0.2) is 10.9 Å². The van der Waals surface area contributed by atoms with Gasteiger partial charge in [0.2, 0.25) is 5.88 Å². The number of primary amides is 1. The number of anilines is 1. The molecular weight excluding hydrogens is 266 g/mol. The normalized spacial score (nSPS) is 11.9. The maximum atomic E-state index is 11.2. The molecule has 0 saturated heterocycles. The smallest absolute Gasteiger partial charge is 0.267 e. The van der Waals surface area contributed by atoms with Gasteiger partial charge in [-0.05, 0) is 36.1 Å². The van der Waals surface area contributed by atoms with Crippen LogP contribution in [0, 0.1) is 0 Å². The van der Waals surface area contributed by atoms with Crippen LogP contribution in [0.3, 0.4) is 0 Å². The summed E-state index contributed by atoms with van der Waals surface area (Å²) < 4.78 is 5.81. The van der Waals surface area contributed by atoms with Crippen LogP contribution in [-0.2, 0) is 0 Å². The zero-order chi connectivity index (χ0) is 15.4. The highest BCUT2D eigenvalue weighted by Crippen LogP contribution is 2.33. The number of ether oxygens (including phenoxy) is 1. The molecule has 5 heteroatoms. The Hall–Kier alpha value is -2.56. The Morgan fingerprint density at radius 2 is 2.00 bits per heavy atom. The highest BCUT2D eigenvalue weighted by atomic mass is 16.5. The van der Waals surface area contributed by atoms with Gasteiger partial charge in [0.1, 0.15) is 11.4 Å². The molecule has 0 radical (unpaired) electrons. The summed E-state index contributed by atoms with van der Waals surface area (Å²) in [5, 5.41) is 0. The van der Waals surface area contributed by atoms with Crippen molar-refractivity contribution in [2.75, 3.05) is 5.73 Å². The lowest BCUT2D eigenvalue weighted by Crippen LogP contribution is -2.13. The van der Waals surface area contributed by atoms with Crippen molar-refractivity contribution in [3.63, 3.8) is 0 Å². The van der Waals surface area contributed by atoms with Crippen LogP contribution in [0.25, 0.3) is 0 Å². The number of carbonyl (C=O) groups excluding carboxylic acids is 1. The molecule has 0 bridgehead atoms. The molecule has 2 aromatic rings. The Bertz CT molecular complexity index is 656. The molecule has 2 rings (SSSR count). The van der Waals surface area contributed by atoms with Gasteiger partial charge in [-0.3, -0.25) is 4.79 Å². The Morgan fingerprint density at radius 1 is 1.29 bits per heavy atom. The van der Waals surface area contributed by atoms with Crippen molar-refractivity contribution in [3.8, 4) is 11.6 Å². The third-order valence-electron chi connectivity index (χ3n) is 3.41. The Balaban J connectivity index is 2.38. The summed E-state index contributed by atoms with van der Waals surface area (Å²) in [4.78, 5) is 15.3. The number of nitrogen functional groups attached to an aromatic ring is 1. The van der Waals surface area contributed by atoms with Crippen molar-refractivity contribution < 1.29 is 9.53 Å². The van der Waals surface area contributed by atoms with Crippen LogP contribution in [0.4, 0.5) is 5.69 Å². The van der Waals surface area contributed by atoms with Crippen molar-refractivity contribution in [1.82, 2.24) is 4.98 Å². The minimum Gasteiger partial charge on any atom is -0.437 e. The number of rotatable bonds is 5. The number of carbonyl (C=O) groups is 1. The van der Waals surface area contributed by atoms with Gasteiger partial charge in [0.15, 0.2) is 0 Å². The van der Waals surface area contributed by atoms with Crippen molar-refractivity contribution in [2.24, 2.45) is 5.73 Å². The fourth-order valence-corrected chi connectivity index (χ4v) is 1.97. The van der Waals surface area contributed by atoms with E-state index in [0.717, 1.165) is 12.0 Å². The molecule has 1 heterocycles. The molecule has 0 saturated carbocycles. The van der Waals surface area contributed by atoms with Crippen LogP contribution >= 0.6 is 0 Å². The molecule has 1 amide bonds. The first-order chi connectivity index (χ1) is 10.0. The third-order valence-corrected chi connectivity index (χ3v) is 3.41. The molecule has 1 aromatic carbocycles. The summed E-state index contributed by atoms with van der Waals surface area (Å²) in [6, 6.07) is 10.8. The molecule has 1 aromatic heterocycles. The number of para-hydroxylation sites is 1. The topological polar surface area (TPSA) is 91.2 Å². The van der Waals surface area contributed by atoms with E-state index in [2.05, 4.69) is 18.8 Å². The highest BCUT2D eigenvalue weighted by molar-refractivity contribution is 5.91. The third kappa shape index (κ3) is 3.31. The van der Waals surface area contributed by atoms with Crippen LogP contribution in [0.2, 0.25) is 0 Å². The number of nitrogens with zero attached hydrogens (tertiary/aromatic N) is 1. The van der Waals surface area contributed by atoms with E-state index in [1.807, 2.05) is 24.3 Å². The molecule has 0 spiro atoms. The summed E-state index contributed by atoms with van der Waals surface area (Å²) in [6.07, 6.45) is 0.991. The molecule has 0 aliphatic carbocycles. The van der Waals surface area contributed by atoms with Gasteiger partial charge in [0.25, 0.3) is 5.91 Å². The predicted octanol–water partition coefficient (Wildman–Crippen LogP) is 3.07. The number of aromatic nitrogens is 1. The molecule has 0 aliphatic heterocycles. The lowest BCUT2D eigenvalue weighted by Gasteiger charge is -2.15. The monoisotopic (exact) mass is 285 g/mol. The number of benzene rings is 1. The molecule has 1 unspecified atom stereocenters. The lowest BCUT2D eigenvalue weighted by atomic mass is 9.98. The number of pyridine rings is 1. The van der Waals surface area contributed by atoms with Gasteiger partial charge in [0, 0.05) is 0 Å². The SMILES string of the molecule is CCC(C)c1ccccc1Oc1nc(C(N)=O)ccc1N. The van der Waals surface area contributed by atoms with Gasteiger partial charge < -0.3 is 16.2 Å². The molecule has 4 N–H and O–H groups in total. The zero-order valence-corrected chi connectivity index (χ0v) is 12.2. The maximum Gasteiger partial charge on any atom is 0.267 e. The van der Waals surface area contributed by atoms with E-state index in [0.29, 0.717) is 17.4 Å². The summed E-state index contributed by atoms with van der Waals surface area (Å²) in [6.45, 7) is 4.24. The predicted molar refractivity (Wildman–Crippen MR) is 82.4 cm³/mol. The second-order valence-corrected chi connectivity index (χ2v) is 4.90. The largest absolute Gasteiger partial charge is 0.437 e. The average Bonchev–Trinajstić information content (AvgIpc) is 2.49. The van der Waals surface area contributed by atoms with E-state index >= 15 is 0 Å². The van der Waals surface area contributed by atoms with Crippen molar-refractivity contribution in [1.29, 1.82) is 0 Å². The van der Waals surface area contributed by atoms with Gasteiger partial charge in [-0.15, -0.1) is 0 Å². The fourth-order valence-electron chi connectivity index (χ4n) is 1.97. The van der Waals surface area contributed by atoms with E-state index < -0.39 is 5.91 Å². The second kappa shape index (κ2) is 6.26. The average molecular weight is 285 g/mol. The molecule has 0 aliphatic rings. The summed E-state index contributed by atoms with van der Waals surface area (Å²) in [5.41, 5.74) is 12.6.